The van der Waals surface area contributed by atoms with Gasteiger partial charge in [-0.05, 0) is 19.1 Å². The number of fused-ring (bicyclic) bond motifs is 1. The van der Waals surface area contributed by atoms with Crippen LogP contribution in [0.25, 0.3) is 5.65 Å². The van der Waals surface area contributed by atoms with Crippen LogP contribution < -0.4 is 5.32 Å². The van der Waals surface area contributed by atoms with E-state index < -0.39 is 0 Å². The van der Waals surface area contributed by atoms with Gasteiger partial charge >= 0.3 is 0 Å². The second-order valence-corrected chi connectivity index (χ2v) is 4.46. The van der Waals surface area contributed by atoms with Gasteiger partial charge in [-0.15, -0.1) is 0 Å². The highest BCUT2D eigenvalue weighted by molar-refractivity contribution is 5.92. The number of nitrogens with one attached hydrogen (secondary N) is 2. The smallest absolute Gasteiger partial charge is 0.271 e. The summed E-state index contributed by atoms with van der Waals surface area (Å²) in [4.78, 5) is 20.3. The zero-order chi connectivity index (χ0) is 13.9. The first kappa shape index (κ1) is 12.3. The molecule has 20 heavy (non-hydrogen) atoms. The van der Waals surface area contributed by atoms with Crippen molar-refractivity contribution >= 4 is 11.6 Å². The molecule has 0 atom stereocenters. The number of carbonyl (C=O) groups is 1. The number of aromatic nitrogens is 5. The van der Waals surface area contributed by atoms with Gasteiger partial charge in [0.05, 0.1) is 0 Å². The first-order valence-corrected chi connectivity index (χ1v) is 6.31. The van der Waals surface area contributed by atoms with E-state index in [2.05, 4.69) is 25.5 Å². The molecule has 0 aromatic carbocycles. The third-order valence-corrected chi connectivity index (χ3v) is 3.04. The summed E-state index contributed by atoms with van der Waals surface area (Å²) in [5.74, 6) is 0.559. The second kappa shape index (κ2) is 5.12. The van der Waals surface area contributed by atoms with Gasteiger partial charge < -0.3 is 9.72 Å². The second-order valence-electron chi connectivity index (χ2n) is 4.46. The predicted octanol–water partition coefficient (Wildman–Crippen LogP) is 0.733. The monoisotopic (exact) mass is 270 g/mol. The molecule has 7 nitrogen and oxygen atoms in total. The van der Waals surface area contributed by atoms with Crippen LogP contribution in [0.2, 0.25) is 0 Å². The molecule has 0 unspecified atom stereocenters. The zero-order valence-corrected chi connectivity index (χ0v) is 11.0. The number of carbonyl (C=O) groups excluding carboxylic acids is 1. The van der Waals surface area contributed by atoms with Gasteiger partial charge in [0, 0.05) is 24.9 Å². The van der Waals surface area contributed by atoms with Crippen molar-refractivity contribution in [3.05, 3.63) is 47.9 Å². The summed E-state index contributed by atoms with van der Waals surface area (Å²) in [6.45, 7) is 2.46. The minimum Gasteiger partial charge on any atom is -0.350 e. The molecular formula is C13H14N6O. The van der Waals surface area contributed by atoms with Crippen LogP contribution in [-0.2, 0) is 6.42 Å². The van der Waals surface area contributed by atoms with E-state index in [1.807, 2.05) is 29.5 Å². The van der Waals surface area contributed by atoms with Crippen LogP contribution in [0, 0.1) is 6.92 Å². The Morgan fingerprint density at radius 3 is 3.10 bits per heavy atom. The van der Waals surface area contributed by atoms with Crippen LogP contribution in [0.15, 0.2) is 30.7 Å². The molecule has 3 aromatic rings. The maximum absolute atomic E-state index is 12.0. The summed E-state index contributed by atoms with van der Waals surface area (Å²) >= 11 is 0. The van der Waals surface area contributed by atoms with E-state index in [9.17, 15) is 4.79 Å². The van der Waals surface area contributed by atoms with Gasteiger partial charge in [-0.25, -0.2) is 9.97 Å². The fraction of sp³-hybridized carbons (Fsp3) is 0.231. The molecular weight excluding hydrogens is 256 g/mol. The topological polar surface area (TPSA) is 88.0 Å². The van der Waals surface area contributed by atoms with E-state index in [-0.39, 0.29) is 5.91 Å². The van der Waals surface area contributed by atoms with Crippen LogP contribution in [-0.4, -0.2) is 37.0 Å². The van der Waals surface area contributed by atoms with Gasteiger partial charge in [0.2, 0.25) is 0 Å². The highest BCUT2D eigenvalue weighted by Crippen LogP contribution is 2.08. The highest BCUT2D eigenvalue weighted by Gasteiger charge is 2.11. The predicted molar refractivity (Wildman–Crippen MR) is 72.3 cm³/mol. The summed E-state index contributed by atoms with van der Waals surface area (Å²) in [5, 5.41) is 9.31. The Morgan fingerprint density at radius 2 is 2.35 bits per heavy atom. The average Bonchev–Trinajstić information content (AvgIpc) is 3.07. The number of rotatable bonds is 4. The number of amides is 1. The Labute approximate surface area is 115 Å². The number of nitrogens with zero attached hydrogens (tertiary/aromatic N) is 4. The molecule has 2 N–H and O–H groups in total. The van der Waals surface area contributed by atoms with Crippen molar-refractivity contribution in [1.82, 2.24) is 29.9 Å². The molecule has 0 bridgehead atoms. The maximum Gasteiger partial charge on any atom is 0.271 e. The lowest BCUT2D eigenvalue weighted by Crippen LogP contribution is -2.26. The minimum atomic E-state index is -0.187. The third kappa shape index (κ3) is 2.37. The van der Waals surface area contributed by atoms with E-state index in [0.717, 1.165) is 17.2 Å². The lowest BCUT2D eigenvalue weighted by molar-refractivity contribution is 0.0949. The molecule has 0 fully saturated rings. The van der Waals surface area contributed by atoms with E-state index in [4.69, 9.17) is 0 Å². The lowest BCUT2D eigenvalue weighted by Gasteiger charge is -2.00. The van der Waals surface area contributed by atoms with Gasteiger partial charge in [0.1, 0.15) is 23.5 Å². The molecule has 3 rings (SSSR count). The minimum absolute atomic E-state index is 0.187. The molecule has 1 amide bonds. The van der Waals surface area contributed by atoms with Crippen LogP contribution in [0.1, 0.15) is 22.0 Å². The average molecular weight is 270 g/mol. The Balaban J connectivity index is 1.68. The molecule has 7 heteroatoms. The Kier molecular flexibility index (Phi) is 3.16. The van der Waals surface area contributed by atoms with Crippen molar-refractivity contribution in [2.24, 2.45) is 0 Å². The van der Waals surface area contributed by atoms with Crippen molar-refractivity contribution < 1.29 is 4.79 Å². The summed E-state index contributed by atoms with van der Waals surface area (Å²) in [6, 6.07) is 5.77. The largest absolute Gasteiger partial charge is 0.350 e. The molecule has 3 aromatic heterocycles. The van der Waals surface area contributed by atoms with Gasteiger partial charge in [0.25, 0.3) is 5.91 Å². The van der Waals surface area contributed by atoms with E-state index in [0.29, 0.717) is 18.7 Å². The molecule has 0 aliphatic rings. The first-order valence-electron chi connectivity index (χ1n) is 6.31. The fourth-order valence-corrected chi connectivity index (χ4v) is 1.99. The number of H-pyrrole nitrogens is 1. The Bertz CT molecular complexity index is 730. The van der Waals surface area contributed by atoms with Crippen molar-refractivity contribution in [1.29, 1.82) is 0 Å². The van der Waals surface area contributed by atoms with E-state index in [1.54, 1.807) is 6.20 Å². The third-order valence-electron chi connectivity index (χ3n) is 3.04. The lowest BCUT2D eigenvalue weighted by atomic mass is 10.3. The standard InChI is InChI=1S/C13H14N6O/c1-9-3-2-4-12-17-10(7-19(9)12)13(20)14-6-5-11-15-8-16-18-11/h2-4,7-8H,5-6H2,1H3,(H,14,20)(H,15,16,18). The normalized spacial score (nSPS) is 10.8. The molecule has 0 aliphatic carbocycles. The quantitative estimate of drug-likeness (QED) is 0.731. The SMILES string of the molecule is Cc1cccc2nc(C(=O)NCCc3ncn[nH]3)cn12. The molecule has 0 aliphatic heterocycles. The Morgan fingerprint density at radius 1 is 1.45 bits per heavy atom. The van der Waals surface area contributed by atoms with Gasteiger partial charge in [-0.3, -0.25) is 9.89 Å². The van der Waals surface area contributed by atoms with E-state index >= 15 is 0 Å². The number of aryl methyl sites for hydroxylation is 1. The number of hydrogen-bond donors (Lipinski definition) is 2. The number of aromatic amines is 1. The van der Waals surface area contributed by atoms with Crippen molar-refractivity contribution in [2.75, 3.05) is 6.54 Å². The summed E-state index contributed by atoms with van der Waals surface area (Å²) in [5.41, 5.74) is 2.22. The fourth-order valence-electron chi connectivity index (χ4n) is 1.99. The maximum atomic E-state index is 12.0. The van der Waals surface area contributed by atoms with Crippen molar-refractivity contribution in [3.63, 3.8) is 0 Å². The van der Waals surface area contributed by atoms with Crippen molar-refractivity contribution in [2.45, 2.75) is 13.3 Å². The van der Waals surface area contributed by atoms with Gasteiger partial charge in [-0.2, -0.15) is 5.10 Å². The molecule has 0 spiro atoms. The molecule has 3 heterocycles. The summed E-state index contributed by atoms with van der Waals surface area (Å²) in [6.07, 6.45) is 3.80. The molecule has 102 valence electrons. The summed E-state index contributed by atoms with van der Waals surface area (Å²) in [7, 11) is 0. The zero-order valence-electron chi connectivity index (χ0n) is 11.0. The number of imidazole rings is 1. The van der Waals surface area contributed by atoms with Crippen LogP contribution in [0.5, 0.6) is 0 Å². The molecule has 0 radical (unpaired) electrons. The van der Waals surface area contributed by atoms with Gasteiger partial charge in [0.15, 0.2) is 0 Å². The van der Waals surface area contributed by atoms with Gasteiger partial charge in [-0.1, -0.05) is 6.07 Å². The van der Waals surface area contributed by atoms with Crippen LogP contribution in [0.4, 0.5) is 0 Å². The number of pyridine rings is 1. The van der Waals surface area contributed by atoms with Crippen LogP contribution in [0.3, 0.4) is 0 Å². The van der Waals surface area contributed by atoms with Crippen LogP contribution >= 0.6 is 0 Å². The van der Waals surface area contributed by atoms with Crippen molar-refractivity contribution in [3.8, 4) is 0 Å². The van der Waals surface area contributed by atoms with E-state index in [1.165, 1.54) is 6.33 Å². The first-order chi connectivity index (χ1) is 9.74. The Hall–Kier alpha value is -2.70. The highest BCUT2D eigenvalue weighted by atomic mass is 16.1. The summed E-state index contributed by atoms with van der Waals surface area (Å²) < 4.78 is 1.89. The molecule has 0 saturated carbocycles. The molecule has 0 saturated heterocycles. The number of hydrogen-bond acceptors (Lipinski definition) is 4.